The molecule has 25 heavy (non-hydrogen) atoms. The van der Waals surface area contributed by atoms with E-state index in [1.54, 1.807) is 6.07 Å². The second kappa shape index (κ2) is 8.90. The number of hydrogen-bond acceptors (Lipinski definition) is 4. The maximum atomic E-state index is 12.6. The highest BCUT2D eigenvalue weighted by atomic mass is 79.9. The van der Waals surface area contributed by atoms with Crippen molar-refractivity contribution in [1.29, 1.82) is 0 Å². The summed E-state index contributed by atoms with van der Waals surface area (Å²) < 4.78 is 42.3. The van der Waals surface area contributed by atoms with E-state index in [4.69, 9.17) is 0 Å². The van der Waals surface area contributed by atoms with Crippen molar-refractivity contribution < 1.29 is 23.0 Å². The number of aliphatic hydroxyl groups excluding tert-OH is 1. The molecule has 1 atom stereocenters. The Balaban J connectivity index is 0.00000312. The molecule has 9 heteroatoms. The molecule has 1 aromatic carbocycles. The van der Waals surface area contributed by atoms with Crippen LogP contribution in [0, 0.1) is 5.41 Å². The number of hydrogen-bond donors (Lipinski definition) is 2. The van der Waals surface area contributed by atoms with E-state index in [1.807, 2.05) is 13.8 Å². The lowest BCUT2D eigenvalue weighted by molar-refractivity contribution is -0.274. The zero-order valence-corrected chi connectivity index (χ0v) is 16.5. The van der Waals surface area contributed by atoms with E-state index in [-0.39, 0.29) is 30.8 Å². The van der Waals surface area contributed by atoms with Crippen LogP contribution in [0.1, 0.15) is 25.5 Å². The van der Waals surface area contributed by atoms with E-state index in [0.29, 0.717) is 10.0 Å². The highest BCUT2D eigenvalue weighted by molar-refractivity contribution is 9.10. The molecule has 0 radical (unpaired) electrons. The molecule has 0 spiro atoms. The SMILES string of the molecule is CC(C)(CO)[C@H](c1cc(Br)cc(OC(F)(F)F)c1)N1CCNCC1.Cl. The Labute approximate surface area is 160 Å². The molecular weight excluding hydrogens is 425 g/mol. The lowest BCUT2D eigenvalue weighted by Gasteiger charge is -2.43. The second-order valence-corrected chi connectivity index (χ2v) is 7.52. The van der Waals surface area contributed by atoms with E-state index in [2.05, 4.69) is 30.9 Å². The third kappa shape index (κ3) is 6.29. The summed E-state index contributed by atoms with van der Waals surface area (Å²) in [5.74, 6) is -0.263. The van der Waals surface area contributed by atoms with Crippen LogP contribution in [0.2, 0.25) is 0 Å². The van der Waals surface area contributed by atoms with Gasteiger partial charge in [-0.3, -0.25) is 4.90 Å². The van der Waals surface area contributed by atoms with E-state index in [9.17, 15) is 18.3 Å². The fourth-order valence-corrected chi connectivity index (χ4v) is 3.61. The molecule has 0 aliphatic carbocycles. The molecule has 0 unspecified atom stereocenters. The van der Waals surface area contributed by atoms with Crippen molar-refractivity contribution in [1.82, 2.24) is 10.2 Å². The van der Waals surface area contributed by atoms with Crippen LogP contribution >= 0.6 is 28.3 Å². The number of rotatable bonds is 5. The highest BCUT2D eigenvalue weighted by Crippen LogP contribution is 2.41. The number of nitrogens with one attached hydrogen (secondary N) is 1. The van der Waals surface area contributed by atoms with Crippen LogP contribution in [-0.4, -0.2) is 49.2 Å². The Morgan fingerprint density at radius 1 is 1.24 bits per heavy atom. The molecule has 144 valence electrons. The zero-order valence-electron chi connectivity index (χ0n) is 14.1. The normalized spacial score (nSPS) is 17.7. The zero-order chi connectivity index (χ0) is 18.0. The van der Waals surface area contributed by atoms with Gasteiger partial charge in [0.25, 0.3) is 0 Å². The molecular formula is C16H23BrClF3N2O2. The van der Waals surface area contributed by atoms with E-state index in [0.717, 1.165) is 26.2 Å². The van der Waals surface area contributed by atoms with Gasteiger partial charge in [0.15, 0.2) is 0 Å². The fraction of sp³-hybridized carbons (Fsp3) is 0.625. The summed E-state index contributed by atoms with van der Waals surface area (Å²) in [5, 5.41) is 13.1. The number of benzene rings is 1. The quantitative estimate of drug-likeness (QED) is 0.722. The van der Waals surface area contributed by atoms with Crippen LogP contribution in [0.3, 0.4) is 0 Å². The molecule has 1 saturated heterocycles. The average Bonchev–Trinajstić information content (AvgIpc) is 2.46. The van der Waals surface area contributed by atoms with Crippen LogP contribution in [0.25, 0.3) is 0 Å². The van der Waals surface area contributed by atoms with E-state index in [1.165, 1.54) is 12.1 Å². The molecule has 1 aliphatic heterocycles. The molecule has 0 aromatic heterocycles. The van der Waals surface area contributed by atoms with Gasteiger partial charge in [0.2, 0.25) is 0 Å². The van der Waals surface area contributed by atoms with Gasteiger partial charge in [0, 0.05) is 48.7 Å². The summed E-state index contributed by atoms with van der Waals surface area (Å²) in [6, 6.07) is 4.26. The summed E-state index contributed by atoms with van der Waals surface area (Å²) in [7, 11) is 0. The molecule has 1 heterocycles. The van der Waals surface area contributed by atoms with Crippen molar-refractivity contribution >= 4 is 28.3 Å². The highest BCUT2D eigenvalue weighted by Gasteiger charge is 2.37. The molecule has 1 aliphatic rings. The van der Waals surface area contributed by atoms with Gasteiger partial charge >= 0.3 is 6.36 Å². The van der Waals surface area contributed by atoms with Gasteiger partial charge in [-0.2, -0.15) is 0 Å². The number of piperazine rings is 1. The van der Waals surface area contributed by atoms with Crippen molar-refractivity contribution in [3.63, 3.8) is 0 Å². The monoisotopic (exact) mass is 446 g/mol. The minimum atomic E-state index is -4.74. The van der Waals surface area contributed by atoms with Gasteiger partial charge in [-0.25, -0.2) is 0 Å². The number of aliphatic hydroxyl groups is 1. The summed E-state index contributed by atoms with van der Waals surface area (Å²) in [6.07, 6.45) is -4.74. The minimum absolute atomic E-state index is 0. The third-order valence-electron chi connectivity index (χ3n) is 4.11. The first-order valence-corrected chi connectivity index (χ1v) is 8.53. The van der Waals surface area contributed by atoms with Crippen LogP contribution in [0.4, 0.5) is 13.2 Å². The number of ether oxygens (including phenoxy) is 1. The number of halogens is 5. The molecule has 2 N–H and O–H groups in total. The summed E-state index contributed by atoms with van der Waals surface area (Å²) in [4.78, 5) is 2.19. The molecule has 0 amide bonds. The minimum Gasteiger partial charge on any atom is -0.406 e. The first kappa shape index (κ1) is 22.5. The van der Waals surface area contributed by atoms with Gasteiger partial charge in [0.1, 0.15) is 5.75 Å². The summed E-state index contributed by atoms with van der Waals surface area (Å²) in [5.41, 5.74) is 0.165. The van der Waals surface area contributed by atoms with Crippen LogP contribution in [-0.2, 0) is 0 Å². The predicted molar refractivity (Wildman–Crippen MR) is 96.1 cm³/mol. The van der Waals surface area contributed by atoms with Gasteiger partial charge in [0.05, 0.1) is 0 Å². The van der Waals surface area contributed by atoms with Crippen molar-refractivity contribution in [2.45, 2.75) is 26.3 Å². The molecule has 2 rings (SSSR count). The largest absolute Gasteiger partial charge is 0.573 e. The van der Waals surface area contributed by atoms with Crippen molar-refractivity contribution in [2.75, 3.05) is 32.8 Å². The van der Waals surface area contributed by atoms with Gasteiger partial charge < -0.3 is 15.2 Å². The Morgan fingerprint density at radius 3 is 2.36 bits per heavy atom. The van der Waals surface area contributed by atoms with Crippen molar-refractivity contribution in [2.24, 2.45) is 5.41 Å². The number of nitrogens with zero attached hydrogens (tertiary/aromatic N) is 1. The first-order valence-electron chi connectivity index (χ1n) is 7.74. The van der Waals surface area contributed by atoms with Gasteiger partial charge in [-0.15, -0.1) is 25.6 Å². The smallest absolute Gasteiger partial charge is 0.406 e. The van der Waals surface area contributed by atoms with Crippen LogP contribution < -0.4 is 10.1 Å². The van der Waals surface area contributed by atoms with Gasteiger partial charge in [-0.05, 0) is 23.8 Å². The topological polar surface area (TPSA) is 44.7 Å². The van der Waals surface area contributed by atoms with Crippen LogP contribution in [0.15, 0.2) is 22.7 Å². The van der Waals surface area contributed by atoms with Crippen LogP contribution in [0.5, 0.6) is 5.75 Å². The van der Waals surface area contributed by atoms with E-state index < -0.39 is 11.8 Å². The predicted octanol–water partition coefficient (Wildman–Crippen LogP) is 3.73. The maximum absolute atomic E-state index is 12.6. The third-order valence-corrected chi connectivity index (χ3v) is 4.57. The summed E-state index contributed by atoms with van der Waals surface area (Å²) >= 11 is 3.26. The standard InChI is InChI=1S/C16H22BrF3N2O2.ClH/c1-15(2,10-23)14(22-5-3-21-4-6-22)11-7-12(17)9-13(8-11)24-16(18,19)20;/h7-9,14,21,23H,3-6,10H2,1-2H3;1H/t14-;/m0./s1. The Hall–Kier alpha value is -0.540. The lowest BCUT2D eigenvalue weighted by atomic mass is 9.79. The maximum Gasteiger partial charge on any atom is 0.573 e. The molecule has 0 bridgehead atoms. The van der Waals surface area contributed by atoms with Crippen molar-refractivity contribution in [3.8, 4) is 5.75 Å². The Kier molecular flexibility index (Phi) is 8.01. The average molecular weight is 448 g/mol. The molecule has 1 fully saturated rings. The molecule has 0 saturated carbocycles. The van der Waals surface area contributed by atoms with Crippen molar-refractivity contribution in [3.05, 3.63) is 28.2 Å². The Morgan fingerprint density at radius 2 is 1.84 bits per heavy atom. The fourth-order valence-electron chi connectivity index (χ4n) is 3.12. The lowest BCUT2D eigenvalue weighted by Crippen LogP contribution is -2.49. The second-order valence-electron chi connectivity index (χ2n) is 6.60. The summed E-state index contributed by atoms with van der Waals surface area (Å²) in [6.45, 7) is 6.86. The number of alkyl halides is 3. The molecule has 4 nitrogen and oxygen atoms in total. The first-order chi connectivity index (χ1) is 11.1. The Bertz CT molecular complexity index is 567. The van der Waals surface area contributed by atoms with Gasteiger partial charge in [-0.1, -0.05) is 29.8 Å². The van der Waals surface area contributed by atoms with E-state index >= 15 is 0 Å². The molecule has 1 aromatic rings.